The summed E-state index contributed by atoms with van der Waals surface area (Å²) >= 11 is 0. The number of rotatable bonds is 6. The number of H-pyrrole nitrogens is 2. The first-order valence-electron chi connectivity index (χ1n) is 10.9. The molecule has 0 atom stereocenters. The van der Waals surface area contributed by atoms with Crippen molar-refractivity contribution in [3.05, 3.63) is 89.1 Å². The minimum absolute atomic E-state index is 0.00298. The number of benzene rings is 2. The largest absolute Gasteiger partial charge is 0.318 e. The average molecular weight is 544 g/mol. The fraction of sp³-hybridized carbons (Fsp3) is 0.0833. The summed E-state index contributed by atoms with van der Waals surface area (Å²) in [5.41, 5.74) is -1.95. The predicted octanol–water partition coefficient (Wildman–Crippen LogP) is 4.44. The molecule has 0 saturated carbocycles. The highest BCUT2D eigenvalue weighted by atomic mass is 32.2. The maximum absolute atomic E-state index is 15.5. The fourth-order valence-electron chi connectivity index (χ4n) is 3.97. The number of pyridine rings is 1. The van der Waals surface area contributed by atoms with Gasteiger partial charge in [-0.15, -0.1) is 0 Å². The minimum Gasteiger partial charge on any atom is -0.318 e. The lowest BCUT2D eigenvalue weighted by molar-refractivity contribution is 0.102. The van der Waals surface area contributed by atoms with E-state index in [1.54, 1.807) is 0 Å². The number of aryl methyl sites for hydroxylation is 1. The van der Waals surface area contributed by atoms with Crippen LogP contribution < -0.4 is 5.32 Å². The van der Waals surface area contributed by atoms with Gasteiger partial charge in [0, 0.05) is 22.7 Å². The number of hydrogen-bond acceptors (Lipinski definition) is 6. The van der Waals surface area contributed by atoms with E-state index in [9.17, 15) is 22.0 Å². The Bertz CT molecular complexity index is 1820. The topological polar surface area (TPSA) is 133 Å². The van der Waals surface area contributed by atoms with Gasteiger partial charge in [0.15, 0.2) is 15.7 Å². The van der Waals surface area contributed by atoms with Gasteiger partial charge in [-0.05, 0) is 25.1 Å². The van der Waals surface area contributed by atoms with Gasteiger partial charge in [-0.3, -0.25) is 20.0 Å². The Kier molecular flexibility index (Phi) is 6.18. The summed E-state index contributed by atoms with van der Waals surface area (Å²) in [6, 6.07) is 4.79. The van der Waals surface area contributed by atoms with Crippen LogP contribution >= 0.6 is 0 Å². The van der Waals surface area contributed by atoms with E-state index >= 15 is 8.78 Å². The Morgan fingerprint density at radius 1 is 1.05 bits per heavy atom. The van der Waals surface area contributed by atoms with Gasteiger partial charge in [-0.2, -0.15) is 10.2 Å². The lowest BCUT2D eigenvalue weighted by Crippen LogP contribution is -2.12. The van der Waals surface area contributed by atoms with E-state index in [0.29, 0.717) is 5.69 Å². The van der Waals surface area contributed by atoms with E-state index in [1.165, 1.54) is 25.4 Å². The second-order valence-corrected chi connectivity index (χ2v) is 10.2. The summed E-state index contributed by atoms with van der Waals surface area (Å²) in [6.07, 6.45) is 3.60. The van der Waals surface area contributed by atoms with Crippen molar-refractivity contribution in [2.75, 3.05) is 5.32 Å². The highest BCUT2D eigenvalue weighted by molar-refractivity contribution is 7.90. The van der Waals surface area contributed by atoms with Crippen LogP contribution in [0.25, 0.3) is 22.0 Å². The second-order valence-electron chi connectivity index (χ2n) is 8.25. The van der Waals surface area contributed by atoms with Gasteiger partial charge >= 0.3 is 0 Å². The highest BCUT2D eigenvalue weighted by Gasteiger charge is 2.27. The van der Waals surface area contributed by atoms with Crippen molar-refractivity contribution in [1.29, 1.82) is 0 Å². The lowest BCUT2D eigenvalue weighted by atomic mass is 9.99. The van der Waals surface area contributed by atoms with Gasteiger partial charge in [0.25, 0.3) is 5.91 Å². The van der Waals surface area contributed by atoms with E-state index < -0.39 is 66.4 Å². The molecular weight excluding hydrogens is 528 g/mol. The molecule has 3 heterocycles. The average Bonchev–Trinajstić information content (AvgIpc) is 3.54. The number of aromatic amines is 2. The van der Waals surface area contributed by atoms with Crippen LogP contribution in [-0.4, -0.2) is 39.7 Å². The van der Waals surface area contributed by atoms with Crippen LogP contribution in [0, 0.1) is 30.2 Å². The smallest absolute Gasteiger partial charge is 0.274 e. The van der Waals surface area contributed by atoms with Crippen LogP contribution in [0.2, 0.25) is 0 Å². The summed E-state index contributed by atoms with van der Waals surface area (Å²) < 4.78 is 85.2. The first kappa shape index (κ1) is 25.1. The van der Waals surface area contributed by atoms with E-state index in [-0.39, 0.29) is 22.3 Å². The van der Waals surface area contributed by atoms with Crippen molar-refractivity contribution in [3.63, 3.8) is 0 Å². The van der Waals surface area contributed by atoms with Gasteiger partial charge in [-0.1, -0.05) is 12.1 Å². The molecule has 38 heavy (non-hydrogen) atoms. The fourth-order valence-corrected chi connectivity index (χ4v) is 5.55. The van der Waals surface area contributed by atoms with Crippen LogP contribution in [0.3, 0.4) is 0 Å². The molecule has 2 aromatic carbocycles. The van der Waals surface area contributed by atoms with Crippen molar-refractivity contribution in [2.45, 2.75) is 17.6 Å². The number of nitrogens with zero attached hydrogens (tertiary/aromatic N) is 3. The third-order valence-electron chi connectivity index (χ3n) is 5.78. The Labute approximate surface area is 211 Å². The zero-order chi connectivity index (χ0) is 27.2. The van der Waals surface area contributed by atoms with E-state index in [1.807, 2.05) is 0 Å². The number of carbonyl (C=O) groups excluding carboxylic acids is 1. The van der Waals surface area contributed by atoms with Crippen molar-refractivity contribution < 1.29 is 30.8 Å². The molecular formula is C24H16F4N6O3S. The van der Waals surface area contributed by atoms with E-state index in [4.69, 9.17) is 0 Å². The van der Waals surface area contributed by atoms with E-state index in [2.05, 4.69) is 30.7 Å². The summed E-state index contributed by atoms with van der Waals surface area (Å²) in [5, 5.41) is 15.0. The van der Waals surface area contributed by atoms with E-state index in [0.717, 1.165) is 30.5 Å². The summed E-state index contributed by atoms with van der Waals surface area (Å²) in [4.78, 5) is 15.8. The standard InChI is InChI=1S/C24H16F4N6O3S/c1-11-18(6-13(25)7-29-11)38(36,37)10-12-2-5-17(26)19(20(12)27)15-3-4-16-22(21(15)28)33-34-23(16)24(35)32-14-8-30-31-9-14/h2-9H,10H2,1H3,(H,30,31)(H,32,35)(H,33,34). The summed E-state index contributed by atoms with van der Waals surface area (Å²) in [7, 11) is -4.30. The van der Waals surface area contributed by atoms with Gasteiger partial charge in [-0.25, -0.2) is 26.0 Å². The number of hydrogen-bond donors (Lipinski definition) is 3. The van der Waals surface area contributed by atoms with Crippen LogP contribution in [-0.2, 0) is 15.6 Å². The Morgan fingerprint density at radius 3 is 2.58 bits per heavy atom. The number of carbonyl (C=O) groups is 1. The van der Waals surface area contributed by atoms with Crippen molar-refractivity contribution in [3.8, 4) is 11.1 Å². The van der Waals surface area contributed by atoms with Gasteiger partial charge in [0.2, 0.25) is 0 Å². The number of halogens is 4. The number of nitrogens with one attached hydrogen (secondary N) is 3. The van der Waals surface area contributed by atoms with Gasteiger partial charge in [0.1, 0.15) is 28.7 Å². The molecule has 194 valence electrons. The Balaban J connectivity index is 1.54. The SMILES string of the molecule is Cc1ncc(F)cc1S(=O)(=O)Cc1ccc(F)c(-c2ccc3c(C(=O)Nc4cn[nH]c4)[nH]nc3c2F)c1F. The number of anilines is 1. The van der Waals surface area contributed by atoms with Crippen LogP contribution in [0.1, 0.15) is 21.7 Å². The lowest BCUT2D eigenvalue weighted by Gasteiger charge is -2.12. The number of amides is 1. The number of sulfone groups is 1. The maximum Gasteiger partial charge on any atom is 0.274 e. The third-order valence-corrected chi connectivity index (χ3v) is 7.55. The monoisotopic (exact) mass is 544 g/mol. The van der Waals surface area contributed by atoms with Crippen LogP contribution in [0.4, 0.5) is 23.2 Å². The molecule has 0 saturated heterocycles. The summed E-state index contributed by atoms with van der Waals surface area (Å²) in [5.74, 6) is -6.12. The molecule has 0 unspecified atom stereocenters. The molecule has 1 amide bonds. The Morgan fingerprint density at radius 2 is 1.84 bits per heavy atom. The molecule has 0 bridgehead atoms. The van der Waals surface area contributed by atoms with Crippen molar-refractivity contribution in [2.24, 2.45) is 0 Å². The molecule has 3 aromatic heterocycles. The molecule has 5 rings (SSSR count). The van der Waals surface area contributed by atoms with Crippen LogP contribution in [0.5, 0.6) is 0 Å². The van der Waals surface area contributed by atoms with Crippen molar-refractivity contribution >= 4 is 32.3 Å². The minimum atomic E-state index is -4.30. The highest BCUT2D eigenvalue weighted by Crippen LogP contribution is 2.35. The quantitative estimate of drug-likeness (QED) is 0.271. The number of aromatic nitrogens is 5. The van der Waals surface area contributed by atoms with Gasteiger partial charge < -0.3 is 5.32 Å². The number of fused-ring (bicyclic) bond motifs is 1. The molecule has 0 radical (unpaired) electrons. The second kappa shape index (κ2) is 9.37. The summed E-state index contributed by atoms with van der Waals surface area (Å²) in [6.45, 7) is 1.34. The first-order valence-corrected chi connectivity index (χ1v) is 12.5. The third kappa shape index (κ3) is 4.38. The normalized spacial score (nSPS) is 11.7. The molecule has 9 nitrogen and oxygen atoms in total. The molecule has 0 aliphatic heterocycles. The van der Waals surface area contributed by atoms with Gasteiger partial charge in [0.05, 0.1) is 40.0 Å². The molecule has 3 N–H and O–H groups in total. The molecule has 0 aliphatic rings. The Hall–Kier alpha value is -4.59. The molecule has 0 aliphatic carbocycles. The predicted molar refractivity (Wildman–Crippen MR) is 128 cm³/mol. The molecule has 5 aromatic rings. The molecule has 0 spiro atoms. The maximum atomic E-state index is 15.5. The molecule has 14 heteroatoms. The van der Waals surface area contributed by atoms with Crippen molar-refractivity contribution in [1.82, 2.24) is 25.4 Å². The zero-order valence-corrected chi connectivity index (χ0v) is 20.1. The molecule has 0 fully saturated rings. The van der Waals surface area contributed by atoms with Crippen LogP contribution in [0.15, 0.2) is 53.8 Å². The zero-order valence-electron chi connectivity index (χ0n) is 19.3. The first-order chi connectivity index (χ1) is 18.1.